The first kappa shape index (κ1) is 14.9. The van der Waals surface area contributed by atoms with Crippen molar-refractivity contribution in [3.63, 3.8) is 0 Å². The maximum Gasteiger partial charge on any atom is 0.416 e. The molecule has 0 spiro atoms. The van der Waals surface area contributed by atoms with E-state index < -0.39 is 17.3 Å². The minimum absolute atomic E-state index is 0.213. The van der Waals surface area contributed by atoms with Gasteiger partial charge in [-0.25, -0.2) is 15.1 Å². The van der Waals surface area contributed by atoms with Crippen LogP contribution in [0.5, 0.6) is 0 Å². The third-order valence-corrected chi connectivity index (χ3v) is 3.14. The van der Waals surface area contributed by atoms with Gasteiger partial charge in [0.15, 0.2) is 0 Å². The summed E-state index contributed by atoms with van der Waals surface area (Å²) in [6, 6.07) is 5.98. The Bertz CT molecular complexity index is 891. The van der Waals surface area contributed by atoms with E-state index in [1.165, 1.54) is 36.9 Å². The van der Waals surface area contributed by atoms with Gasteiger partial charge in [-0.05, 0) is 12.1 Å². The van der Waals surface area contributed by atoms with Gasteiger partial charge in [0.1, 0.15) is 6.33 Å². The van der Waals surface area contributed by atoms with E-state index in [1.807, 2.05) is 0 Å². The Labute approximate surface area is 127 Å². The summed E-state index contributed by atoms with van der Waals surface area (Å²) in [7, 11) is 0. The molecule has 23 heavy (non-hydrogen) atoms. The van der Waals surface area contributed by atoms with Crippen molar-refractivity contribution in [2.75, 3.05) is 0 Å². The fourth-order valence-electron chi connectivity index (χ4n) is 2.12. The molecule has 1 aromatic carbocycles. The molecule has 0 bridgehead atoms. The molecule has 0 aliphatic heterocycles. The summed E-state index contributed by atoms with van der Waals surface area (Å²) in [5, 5.41) is 6.13. The Morgan fingerprint density at radius 1 is 1.00 bits per heavy atom. The second-order valence-electron chi connectivity index (χ2n) is 4.70. The van der Waals surface area contributed by atoms with Gasteiger partial charge in [0.2, 0.25) is 0 Å². The summed E-state index contributed by atoms with van der Waals surface area (Å²) < 4.78 is 38.6. The molecule has 0 aliphatic rings. The molecule has 0 saturated carbocycles. The standard InChI is InChI=1S/C15H9F3N4O/c16-15(17,18)11-3-1-2-9(4-11)14-12(5-13(23)21-22-14)10-6-19-8-20-7-10/h1-8H,(H,21,23). The zero-order valence-electron chi connectivity index (χ0n) is 11.5. The van der Waals surface area contributed by atoms with Gasteiger partial charge in [-0.15, -0.1) is 0 Å². The number of nitrogens with one attached hydrogen (secondary N) is 1. The Balaban J connectivity index is 2.20. The maximum atomic E-state index is 12.9. The Hall–Kier alpha value is -3.03. The molecule has 3 rings (SSSR count). The molecule has 0 saturated heterocycles. The summed E-state index contributed by atoms with van der Waals surface area (Å²) in [6.07, 6.45) is -0.233. The first-order valence-electron chi connectivity index (χ1n) is 6.48. The smallest absolute Gasteiger partial charge is 0.268 e. The average Bonchev–Trinajstić information content (AvgIpc) is 2.55. The minimum Gasteiger partial charge on any atom is -0.268 e. The van der Waals surface area contributed by atoms with Gasteiger partial charge >= 0.3 is 6.18 Å². The van der Waals surface area contributed by atoms with Crippen LogP contribution in [0.15, 0.2) is 53.8 Å². The van der Waals surface area contributed by atoms with E-state index in [-0.39, 0.29) is 11.3 Å². The number of halogens is 3. The zero-order valence-corrected chi connectivity index (χ0v) is 11.5. The molecule has 2 aromatic heterocycles. The largest absolute Gasteiger partial charge is 0.416 e. The lowest BCUT2D eigenvalue weighted by Crippen LogP contribution is -2.09. The van der Waals surface area contributed by atoms with Crippen molar-refractivity contribution in [2.24, 2.45) is 0 Å². The van der Waals surface area contributed by atoms with Crippen molar-refractivity contribution < 1.29 is 13.2 Å². The van der Waals surface area contributed by atoms with Crippen molar-refractivity contribution >= 4 is 0 Å². The number of rotatable bonds is 2. The van der Waals surface area contributed by atoms with E-state index in [0.29, 0.717) is 11.1 Å². The third-order valence-electron chi connectivity index (χ3n) is 3.14. The van der Waals surface area contributed by atoms with Crippen molar-refractivity contribution in [1.29, 1.82) is 0 Å². The van der Waals surface area contributed by atoms with E-state index in [0.717, 1.165) is 12.1 Å². The van der Waals surface area contributed by atoms with Crippen LogP contribution in [0.4, 0.5) is 13.2 Å². The maximum absolute atomic E-state index is 12.9. The van der Waals surface area contributed by atoms with Crippen molar-refractivity contribution in [1.82, 2.24) is 20.2 Å². The summed E-state index contributed by atoms with van der Waals surface area (Å²) in [4.78, 5) is 19.2. The fourth-order valence-corrected chi connectivity index (χ4v) is 2.12. The first-order valence-corrected chi connectivity index (χ1v) is 6.48. The van der Waals surface area contributed by atoms with E-state index in [4.69, 9.17) is 0 Å². The molecule has 0 unspecified atom stereocenters. The Kier molecular flexibility index (Phi) is 3.65. The molecular formula is C15H9F3N4O. The summed E-state index contributed by atoms with van der Waals surface area (Å²) in [6.45, 7) is 0. The number of H-pyrrole nitrogens is 1. The lowest BCUT2D eigenvalue weighted by molar-refractivity contribution is -0.137. The van der Waals surface area contributed by atoms with Crippen LogP contribution < -0.4 is 5.56 Å². The molecule has 0 amide bonds. The van der Waals surface area contributed by atoms with Crippen LogP contribution in [0.2, 0.25) is 0 Å². The van der Waals surface area contributed by atoms with E-state index in [9.17, 15) is 18.0 Å². The SMILES string of the molecule is O=c1cc(-c2cncnc2)c(-c2cccc(C(F)(F)F)c2)n[nH]1. The van der Waals surface area contributed by atoms with Gasteiger partial charge in [-0.1, -0.05) is 12.1 Å². The summed E-state index contributed by atoms with van der Waals surface area (Å²) >= 11 is 0. The van der Waals surface area contributed by atoms with Crippen LogP contribution in [-0.4, -0.2) is 20.2 Å². The molecule has 0 atom stereocenters. The normalized spacial score (nSPS) is 11.4. The summed E-state index contributed by atoms with van der Waals surface area (Å²) in [5.74, 6) is 0. The van der Waals surface area contributed by atoms with Crippen molar-refractivity contribution in [3.8, 4) is 22.4 Å². The van der Waals surface area contributed by atoms with Gasteiger partial charge in [-0.2, -0.15) is 18.3 Å². The molecule has 3 aromatic rings. The number of hydrogen-bond acceptors (Lipinski definition) is 4. The molecule has 2 heterocycles. The van der Waals surface area contributed by atoms with Gasteiger partial charge in [0.25, 0.3) is 5.56 Å². The number of alkyl halides is 3. The van der Waals surface area contributed by atoms with Crippen LogP contribution in [0.25, 0.3) is 22.4 Å². The molecule has 5 nitrogen and oxygen atoms in total. The highest BCUT2D eigenvalue weighted by atomic mass is 19.4. The lowest BCUT2D eigenvalue weighted by Gasteiger charge is -2.10. The molecule has 0 radical (unpaired) electrons. The predicted molar refractivity (Wildman–Crippen MR) is 76.3 cm³/mol. The predicted octanol–water partition coefficient (Wildman–Crippen LogP) is 2.91. The van der Waals surface area contributed by atoms with Gasteiger partial charge in [-0.3, -0.25) is 4.79 Å². The van der Waals surface area contributed by atoms with Gasteiger partial charge in [0, 0.05) is 35.2 Å². The molecule has 0 aliphatic carbocycles. The van der Waals surface area contributed by atoms with Gasteiger partial charge < -0.3 is 0 Å². The third kappa shape index (κ3) is 3.10. The Morgan fingerprint density at radius 3 is 2.43 bits per heavy atom. The number of hydrogen-bond donors (Lipinski definition) is 1. The number of benzene rings is 1. The second kappa shape index (κ2) is 5.64. The number of aromatic amines is 1. The monoisotopic (exact) mass is 318 g/mol. The van der Waals surface area contributed by atoms with Crippen LogP contribution in [0, 0.1) is 0 Å². The van der Waals surface area contributed by atoms with Gasteiger partial charge in [0.05, 0.1) is 11.3 Å². The highest BCUT2D eigenvalue weighted by molar-refractivity contribution is 5.79. The minimum atomic E-state index is -4.46. The molecule has 116 valence electrons. The second-order valence-corrected chi connectivity index (χ2v) is 4.70. The molecular weight excluding hydrogens is 309 g/mol. The molecule has 0 fully saturated rings. The highest BCUT2D eigenvalue weighted by Crippen LogP contribution is 2.34. The van der Waals surface area contributed by atoms with Crippen LogP contribution >= 0.6 is 0 Å². The molecule has 8 heteroatoms. The first-order chi connectivity index (χ1) is 10.9. The fraction of sp³-hybridized carbons (Fsp3) is 0.0667. The topological polar surface area (TPSA) is 71.5 Å². The van der Waals surface area contributed by atoms with Crippen LogP contribution in [0.1, 0.15) is 5.56 Å². The zero-order chi connectivity index (χ0) is 16.4. The number of aromatic nitrogens is 4. The quantitative estimate of drug-likeness (QED) is 0.788. The highest BCUT2D eigenvalue weighted by Gasteiger charge is 2.30. The van der Waals surface area contributed by atoms with E-state index in [1.54, 1.807) is 0 Å². The van der Waals surface area contributed by atoms with E-state index >= 15 is 0 Å². The van der Waals surface area contributed by atoms with Crippen molar-refractivity contribution in [2.45, 2.75) is 6.18 Å². The number of nitrogens with zero attached hydrogens (tertiary/aromatic N) is 3. The summed E-state index contributed by atoms with van der Waals surface area (Å²) in [5.41, 5.74) is 0.0189. The van der Waals surface area contributed by atoms with Crippen molar-refractivity contribution in [3.05, 3.63) is 65.0 Å². The van der Waals surface area contributed by atoms with Crippen LogP contribution in [-0.2, 0) is 6.18 Å². The van der Waals surface area contributed by atoms with Crippen LogP contribution in [0.3, 0.4) is 0 Å². The van der Waals surface area contributed by atoms with E-state index in [2.05, 4.69) is 20.2 Å². The molecule has 1 N–H and O–H groups in total. The average molecular weight is 318 g/mol. The Morgan fingerprint density at radius 2 is 1.74 bits per heavy atom. The lowest BCUT2D eigenvalue weighted by atomic mass is 10.0.